The second kappa shape index (κ2) is 5.46. The third-order valence-electron chi connectivity index (χ3n) is 5.58. The summed E-state index contributed by atoms with van der Waals surface area (Å²) in [6.07, 6.45) is 1.75. The van der Waals surface area contributed by atoms with E-state index in [0.717, 1.165) is 33.9 Å². The van der Waals surface area contributed by atoms with Gasteiger partial charge < -0.3 is 10.1 Å². The van der Waals surface area contributed by atoms with Crippen molar-refractivity contribution >= 4 is 23.0 Å². The number of carbonyl (C=O) groups is 1. The number of nitrogens with zero attached hydrogens (tertiary/aromatic N) is 2. The molecule has 3 aliphatic rings. The molecular formula is C21H16N4O3. The molecular weight excluding hydrogens is 356 g/mol. The first kappa shape index (κ1) is 15.5. The van der Waals surface area contributed by atoms with Crippen LogP contribution in [0.5, 0.6) is 5.75 Å². The Morgan fingerprint density at radius 2 is 1.96 bits per heavy atom. The minimum Gasteiger partial charge on any atom is -0.491 e. The van der Waals surface area contributed by atoms with E-state index in [1.165, 1.54) is 0 Å². The highest BCUT2D eigenvalue weighted by atomic mass is 16.8. The summed E-state index contributed by atoms with van der Waals surface area (Å²) in [4.78, 5) is 23.3. The van der Waals surface area contributed by atoms with Gasteiger partial charge in [-0.3, -0.25) is 9.78 Å². The molecule has 0 saturated carbocycles. The van der Waals surface area contributed by atoms with Crippen LogP contribution in [0, 0.1) is 0 Å². The van der Waals surface area contributed by atoms with Crippen LogP contribution in [0.1, 0.15) is 16.8 Å². The first-order valence-electron chi connectivity index (χ1n) is 9.09. The Labute approximate surface area is 160 Å². The quantitative estimate of drug-likeness (QED) is 0.720. The lowest BCUT2D eigenvalue weighted by Gasteiger charge is -2.24. The van der Waals surface area contributed by atoms with Crippen molar-refractivity contribution in [3.63, 3.8) is 0 Å². The molecule has 28 heavy (non-hydrogen) atoms. The SMILES string of the molecule is O=C1Nc2ccccc2C12COc1ccc3c(c12)N(Cc1ccccn1)ON3. The van der Waals surface area contributed by atoms with Gasteiger partial charge in [0.2, 0.25) is 5.91 Å². The summed E-state index contributed by atoms with van der Waals surface area (Å²) in [6.45, 7) is 0.704. The molecule has 1 spiro atoms. The van der Waals surface area contributed by atoms with Gasteiger partial charge in [0.15, 0.2) is 0 Å². The number of amides is 1. The number of hydroxylamine groups is 1. The molecule has 0 bridgehead atoms. The third-order valence-corrected chi connectivity index (χ3v) is 5.58. The highest BCUT2D eigenvalue weighted by molar-refractivity contribution is 6.11. The fourth-order valence-electron chi connectivity index (χ4n) is 4.31. The number of hydrogen-bond acceptors (Lipinski definition) is 6. The van der Waals surface area contributed by atoms with E-state index in [1.807, 2.05) is 54.6 Å². The summed E-state index contributed by atoms with van der Waals surface area (Å²) in [6, 6.07) is 17.3. The third kappa shape index (κ3) is 1.91. The molecule has 3 aromatic rings. The maximum Gasteiger partial charge on any atom is 0.243 e. The molecule has 7 nitrogen and oxygen atoms in total. The molecule has 0 fully saturated rings. The van der Waals surface area contributed by atoms with Crippen LogP contribution in [0.25, 0.3) is 0 Å². The molecule has 0 saturated heterocycles. The summed E-state index contributed by atoms with van der Waals surface area (Å²) in [5.41, 5.74) is 7.12. The van der Waals surface area contributed by atoms with Crippen LogP contribution in [0.2, 0.25) is 0 Å². The van der Waals surface area contributed by atoms with E-state index in [9.17, 15) is 4.79 Å². The van der Waals surface area contributed by atoms with Crippen LogP contribution in [0.3, 0.4) is 0 Å². The Morgan fingerprint density at radius 1 is 1.07 bits per heavy atom. The molecule has 7 heteroatoms. The molecule has 6 rings (SSSR count). The van der Waals surface area contributed by atoms with Gasteiger partial charge in [-0.05, 0) is 35.9 Å². The zero-order chi connectivity index (χ0) is 18.7. The number of aromatic nitrogens is 1. The number of carbonyl (C=O) groups excluding carboxylic acids is 1. The summed E-state index contributed by atoms with van der Waals surface area (Å²) in [5, 5.41) is 4.75. The molecule has 4 heterocycles. The van der Waals surface area contributed by atoms with Crippen LogP contribution < -0.4 is 20.6 Å². The fourth-order valence-corrected chi connectivity index (χ4v) is 4.31. The van der Waals surface area contributed by atoms with E-state index in [2.05, 4.69) is 15.8 Å². The van der Waals surface area contributed by atoms with E-state index in [-0.39, 0.29) is 12.5 Å². The standard InChI is InChI=1S/C21H16N4O3/c26-20-21(14-6-1-2-7-15(14)23-20)12-27-17-9-8-16-19(18(17)21)25(28-24-16)11-13-5-3-4-10-22-13/h1-10,24H,11-12H2,(H,23,26). The average molecular weight is 372 g/mol. The molecule has 0 aliphatic carbocycles. The average Bonchev–Trinajstić information content (AvgIpc) is 3.39. The predicted octanol–water partition coefficient (Wildman–Crippen LogP) is 2.99. The lowest BCUT2D eigenvalue weighted by atomic mass is 9.76. The number of hydrogen-bond donors (Lipinski definition) is 2. The number of para-hydroxylation sites is 1. The molecule has 1 aromatic heterocycles. The van der Waals surface area contributed by atoms with Gasteiger partial charge in [-0.1, -0.05) is 24.3 Å². The number of benzene rings is 2. The number of anilines is 3. The zero-order valence-electron chi connectivity index (χ0n) is 14.8. The number of rotatable bonds is 2. The van der Waals surface area contributed by atoms with Crippen LogP contribution in [0.15, 0.2) is 60.8 Å². The minimum absolute atomic E-state index is 0.0782. The molecule has 0 radical (unpaired) electrons. The number of nitrogens with one attached hydrogen (secondary N) is 2. The first-order valence-corrected chi connectivity index (χ1v) is 9.09. The molecule has 1 atom stereocenters. The second-order valence-corrected chi connectivity index (χ2v) is 7.08. The maximum absolute atomic E-state index is 13.2. The highest BCUT2D eigenvalue weighted by Gasteiger charge is 2.56. The lowest BCUT2D eigenvalue weighted by Crippen LogP contribution is -2.38. The highest BCUT2D eigenvalue weighted by Crippen LogP contribution is 2.56. The fraction of sp³-hybridized carbons (Fsp3) is 0.143. The molecule has 2 N–H and O–H groups in total. The van der Waals surface area contributed by atoms with Crippen LogP contribution in [-0.2, 0) is 21.7 Å². The predicted molar refractivity (Wildman–Crippen MR) is 103 cm³/mol. The molecule has 138 valence electrons. The van der Waals surface area contributed by atoms with Crippen molar-refractivity contribution in [2.75, 3.05) is 22.5 Å². The van der Waals surface area contributed by atoms with Crippen molar-refractivity contribution in [1.82, 2.24) is 4.98 Å². The molecule has 2 aromatic carbocycles. The van der Waals surface area contributed by atoms with E-state index in [0.29, 0.717) is 12.3 Å². The minimum atomic E-state index is -0.894. The van der Waals surface area contributed by atoms with Gasteiger partial charge in [0.1, 0.15) is 23.5 Å². The van der Waals surface area contributed by atoms with Crippen molar-refractivity contribution in [2.45, 2.75) is 12.0 Å². The topological polar surface area (TPSA) is 75.7 Å². The Morgan fingerprint density at radius 3 is 2.86 bits per heavy atom. The van der Waals surface area contributed by atoms with Crippen molar-refractivity contribution in [1.29, 1.82) is 0 Å². The van der Waals surface area contributed by atoms with E-state index in [4.69, 9.17) is 9.68 Å². The number of ether oxygens (including phenoxy) is 1. The zero-order valence-corrected chi connectivity index (χ0v) is 14.8. The van der Waals surface area contributed by atoms with E-state index >= 15 is 0 Å². The van der Waals surface area contributed by atoms with Gasteiger partial charge in [0.25, 0.3) is 0 Å². The second-order valence-electron chi connectivity index (χ2n) is 7.08. The maximum atomic E-state index is 13.2. The summed E-state index contributed by atoms with van der Waals surface area (Å²) >= 11 is 0. The Bertz CT molecular complexity index is 1120. The van der Waals surface area contributed by atoms with E-state index in [1.54, 1.807) is 11.3 Å². The van der Waals surface area contributed by atoms with Crippen LogP contribution in [0.4, 0.5) is 17.1 Å². The van der Waals surface area contributed by atoms with Gasteiger partial charge >= 0.3 is 0 Å². The molecule has 3 aliphatic heterocycles. The van der Waals surface area contributed by atoms with Crippen molar-refractivity contribution in [3.8, 4) is 5.75 Å². The Hall–Kier alpha value is -3.58. The van der Waals surface area contributed by atoms with Gasteiger partial charge in [-0.2, -0.15) is 4.94 Å². The lowest BCUT2D eigenvalue weighted by molar-refractivity contribution is -0.119. The van der Waals surface area contributed by atoms with Crippen LogP contribution in [-0.4, -0.2) is 17.5 Å². The van der Waals surface area contributed by atoms with Crippen molar-refractivity contribution < 1.29 is 14.5 Å². The normalized spacial score (nSPS) is 21.0. The van der Waals surface area contributed by atoms with Gasteiger partial charge in [0.05, 0.1) is 17.9 Å². The Kier molecular flexibility index (Phi) is 3.02. The van der Waals surface area contributed by atoms with Crippen LogP contribution >= 0.6 is 0 Å². The summed E-state index contributed by atoms with van der Waals surface area (Å²) in [5.74, 6) is 0.620. The molecule has 1 amide bonds. The first-order chi connectivity index (χ1) is 13.8. The van der Waals surface area contributed by atoms with Crippen molar-refractivity contribution in [2.24, 2.45) is 0 Å². The summed E-state index contributed by atoms with van der Waals surface area (Å²) < 4.78 is 6.00. The molecule has 1 unspecified atom stereocenters. The van der Waals surface area contributed by atoms with Gasteiger partial charge in [-0.15, -0.1) is 0 Å². The van der Waals surface area contributed by atoms with E-state index < -0.39 is 5.41 Å². The summed E-state index contributed by atoms with van der Waals surface area (Å²) in [7, 11) is 0. The number of fused-ring (bicyclic) bond motifs is 6. The number of pyridine rings is 1. The monoisotopic (exact) mass is 372 g/mol. The van der Waals surface area contributed by atoms with Gasteiger partial charge in [0, 0.05) is 17.4 Å². The van der Waals surface area contributed by atoms with Gasteiger partial charge in [-0.25, -0.2) is 10.5 Å². The largest absolute Gasteiger partial charge is 0.491 e. The smallest absolute Gasteiger partial charge is 0.243 e. The van der Waals surface area contributed by atoms with Crippen molar-refractivity contribution in [3.05, 3.63) is 77.6 Å². The Balaban J connectivity index is 1.54.